The van der Waals surface area contributed by atoms with E-state index in [4.69, 9.17) is 25.8 Å². The fraction of sp³-hybridized carbons (Fsp3) is 0.308. The molecule has 0 spiro atoms. The number of aryl methyl sites for hydroxylation is 1. The van der Waals surface area contributed by atoms with Gasteiger partial charge >= 0.3 is 0 Å². The number of methoxy groups -OCH3 is 1. The van der Waals surface area contributed by atoms with Gasteiger partial charge in [0.25, 0.3) is 0 Å². The van der Waals surface area contributed by atoms with E-state index in [0.717, 1.165) is 58.3 Å². The predicted molar refractivity (Wildman–Crippen MR) is 138 cm³/mol. The molecule has 1 fully saturated rings. The second kappa shape index (κ2) is 11.1. The van der Waals surface area contributed by atoms with Crippen LogP contribution in [-0.4, -0.2) is 33.4 Å². The molecule has 33 heavy (non-hydrogen) atoms. The van der Waals surface area contributed by atoms with Gasteiger partial charge in [0.15, 0.2) is 11.5 Å². The molecule has 3 aromatic carbocycles. The lowest BCUT2D eigenvalue weighted by Gasteiger charge is -2.29. The fourth-order valence-corrected chi connectivity index (χ4v) is 4.72. The van der Waals surface area contributed by atoms with Crippen LogP contribution in [0.4, 0.5) is 11.4 Å². The van der Waals surface area contributed by atoms with Gasteiger partial charge in [0.05, 0.1) is 35.5 Å². The van der Waals surface area contributed by atoms with E-state index in [1.165, 1.54) is 5.56 Å². The van der Waals surface area contributed by atoms with Crippen LogP contribution in [0.5, 0.6) is 11.5 Å². The Morgan fingerprint density at radius 2 is 1.88 bits per heavy atom. The molecule has 0 atom stereocenters. The zero-order valence-corrected chi connectivity index (χ0v) is 21.2. The predicted octanol–water partition coefficient (Wildman–Crippen LogP) is 6.45. The van der Waals surface area contributed by atoms with Crippen molar-refractivity contribution in [2.75, 3.05) is 43.6 Å². The Morgan fingerprint density at radius 3 is 2.61 bits per heavy atom. The Kier molecular flexibility index (Phi) is 8.02. The minimum Gasteiger partial charge on any atom is -0.493 e. The number of morpholine rings is 1. The van der Waals surface area contributed by atoms with Crippen molar-refractivity contribution in [1.29, 1.82) is 0 Å². The Bertz CT molecular complexity index is 1100. The van der Waals surface area contributed by atoms with Gasteiger partial charge in [-0.25, -0.2) is 0 Å². The lowest BCUT2D eigenvalue weighted by Crippen LogP contribution is -2.36. The van der Waals surface area contributed by atoms with Crippen LogP contribution in [0.1, 0.15) is 16.7 Å². The quantitative estimate of drug-likeness (QED) is 0.362. The first-order chi connectivity index (χ1) is 16.0. The normalized spacial score (nSPS) is 13.6. The fourth-order valence-electron chi connectivity index (χ4n) is 3.82. The third kappa shape index (κ3) is 5.94. The lowest BCUT2D eigenvalue weighted by molar-refractivity contribution is 0.122. The Hall–Kier alpha value is -2.41. The molecule has 0 amide bonds. The molecule has 0 radical (unpaired) electrons. The van der Waals surface area contributed by atoms with Gasteiger partial charge in [0.1, 0.15) is 6.61 Å². The molecular weight excluding hydrogens is 504 g/mol. The van der Waals surface area contributed by atoms with Gasteiger partial charge in [0, 0.05) is 25.3 Å². The first kappa shape index (κ1) is 23.7. The summed E-state index contributed by atoms with van der Waals surface area (Å²) in [5.74, 6) is 1.39. The zero-order valence-electron chi connectivity index (χ0n) is 18.9. The molecule has 1 saturated heterocycles. The van der Waals surface area contributed by atoms with Crippen LogP contribution >= 0.6 is 27.5 Å². The Morgan fingerprint density at radius 1 is 1.09 bits per heavy atom. The topological polar surface area (TPSA) is 43.0 Å². The highest BCUT2D eigenvalue weighted by Gasteiger charge is 2.15. The van der Waals surface area contributed by atoms with E-state index in [1.807, 2.05) is 30.3 Å². The van der Waals surface area contributed by atoms with Gasteiger partial charge < -0.3 is 24.4 Å². The Labute approximate surface area is 208 Å². The number of benzene rings is 3. The van der Waals surface area contributed by atoms with Gasteiger partial charge in [0.2, 0.25) is 0 Å². The highest BCUT2D eigenvalue weighted by molar-refractivity contribution is 9.10. The summed E-state index contributed by atoms with van der Waals surface area (Å²) in [7, 11) is 1.66. The summed E-state index contributed by atoms with van der Waals surface area (Å²) in [6.07, 6.45) is 0. The summed E-state index contributed by atoms with van der Waals surface area (Å²) in [6, 6.07) is 18.3. The molecule has 0 saturated carbocycles. The average Bonchev–Trinajstić information content (AvgIpc) is 2.83. The second-order valence-electron chi connectivity index (χ2n) is 7.94. The van der Waals surface area contributed by atoms with Gasteiger partial charge in [-0.1, -0.05) is 35.9 Å². The first-order valence-electron chi connectivity index (χ1n) is 10.9. The highest BCUT2D eigenvalue weighted by Crippen LogP contribution is 2.38. The van der Waals surface area contributed by atoms with E-state index in [9.17, 15) is 0 Å². The van der Waals surface area contributed by atoms with E-state index in [1.54, 1.807) is 7.11 Å². The molecule has 4 rings (SSSR count). The number of halogens is 2. The largest absolute Gasteiger partial charge is 0.493 e. The maximum absolute atomic E-state index is 6.57. The molecule has 0 aliphatic carbocycles. The maximum Gasteiger partial charge on any atom is 0.175 e. The standard InChI is InChI=1S/C26H28BrClN2O3/c1-18-5-3-4-6-20(18)17-33-26-22(27)13-19(14-25(26)31-2)16-29-21-7-8-24(23(28)15-21)30-9-11-32-12-10-30/h3-8,13-15,29H,9-12,16-17H2,1-2H3. The van der Waals surface area contributed by atoms with Crippen molar-refractivity contribution < 1.29 is 14.2 Å². The van der Waals surface area contributed by atoms with Crippen molar-refractivity contribution in [2.45, 2.75) is 20.1 Å². The summed E-state index contributed by atoms with van der Waals surface area (Å²) >= 11 is 10.2. The zero-order chi connectivity index (χ0) is 23.2. The maximum atomic E-state index is 6.57. The van der Waals surface area contributed by atoms with E-state index < -0.39 is 0 Å². The number of nitrogens with one attached hydrogen (secondary N) is 1. The van der Waals surface area contributed by atoms with Crippen LogP contribution in [0.3, 0.4) is 0 Å². The molecule has 1 aliphatic heterocycles. The SMILES string of the molecule is COc1cc(CNc2ccc(N3CCOCC3)c(Cl)c2)cc(Br)c1OCc1ccccc1C. The first-order valence-corrected chi connectivity index (χ1v) is 12.1. The van der Waals surface area contributed by atoms with E-state index in [-0.39, 0.29) is 0 Å². The number of ether oxygens (including phenoxy) is 3. The number of nitrogens with zero attached hydrogens (tertiary/aromatic N) is 1. The molecule has 1 heterocycles. The molecule has 0 bridgehead atoms. The molecule has 7 heteroatoms. The van der Waals surface area contributed by atoms with Crippen LogP contribution in [0.2, 0.25) is 5.02 Å². The third-order valence-electron chi connectivity index (χ3n) is 5.72. The van der Waals surface area contributed by atoms with Crippen LogP contribution in [0, 0.1) is 6.92 Å². The molecule has 0 unspecified atom stereocenters. The monoisotopic (exact) mass is 530 g/mol. The van der Waals surface area contributed by atoms with Crippen molar-refractivity contribution in [3.05, 3.63) is 80.8 Å². The number of hydrogen-bond donors (Lipinski definition) is 1. The molecule has 3 aromatic rings. The van der Waals surface area contributed by atoms with Crippen molar-refractivity contribution >= 4 is 38.9 Å². The summed E-state index contributed by atoms with van der Waals surface area (Å²) in [5, 5.41) is 4.19. The van der Waals surface area contributed by atoms with E-state index >= 15 is 0 Å². The number of hydrogen-bond acceptors (Lipinski definition) is 5. The van der Waals surface area contributed by atoms with Gasteiger partial charge in [-0.3, -0.25) is 0 Å². The minimum absolute atomic E-state index is 0.479. The van der Waals surface area contributed by atoms with Crippen molar-refractivity contribution in [3.8, 4) is 11.5 Å². The van der Waals surface area contributed by atoms with Gasteiger partial charge in [-0.05, 0) is 69.9 Å². The van der Waals surface area contributed by atoms with Crippen molar-refractivity contribution in [1.82, 2.24) is 0 Å². The van der Waals surface area contributed by atoms with E-state index in [2.05, 4.69) is 57.3 Å². The molecular formula is C26H28BrClN2O3. The van der Waals surface area contributed by atoms with E-state index in [0.29, 0.717) is 24.7 Å². The summed E-state index contributed by atoms with van der Waals surface area (Å²) < 4.78 is 18.0. The van der Waals surface area contributed by atoms with Crippen molar-refractivity contribution in [3.63, 3.8) is 0 Å². The van der Waals surface area contributed by atoms with Crippen LogP contribution in [0.25, 0.3) is 0 Å². The van der Waals surface area contributed by atoms with Crippen LogP contribution < -0.4 is 19.7 Å². The van der Waals surface area contributed by atoms with Crippen LogP contribution in [0.15, 0.2) is 59.1 Å². The van der Waals surface area contributed by atoms with Gasteiger partial charge in [-0.15, -0.1) is 0 Å². The molecule has 0 aromatic heterocycles. The van der Waals surface area contributed by atoms with Gasteiger partial charge in [-0.2, -0.15) is 0 Å². The molecule has 5 nitrogen and oxygen atoms in total. The lowest BCUT2D eigenvalue weighted by atomic mass is 10.1. The van der Waals surface area contributed by atoms with Crippen LogP contribution in [-0.2, 0) is 17.9 Å². The molecule has 174 valence electrons. The molecule has 1 N–H and O–H groups in total. The summed E-state index contributed by atoms with van der Waals surface area (Å²) in [4.78, 5) is 2.26. The number of rotatable bonds is 8. The minimum atomic E-state index is 0.479. The summed E-state index contributed by atoms with van der Waals surface area (Å²) in [5.41, 5.74) is 5.42. The smallest absolute Gasteiger partial charge is 0.175 e. The number of anilines is 2. The highest BCUT2D eigenvalue weighted by atomic mass is 79.9. The molecule has 1 aliphatic rings. The summed E-state index contributed by atoms with van der Waals surface area (Å²) in [6.45, 7) is 6.37. The average molecular weight is 532 g/mol. The third-order valence-corrected chi connectivity index (χ3v) is 6.61. The van der Waals surface area contributed by atoms with Crippen molar-refractivity contribution in [2.24, 2.45) is 0 Å². The Balaban J connectivity index is 1.42. The second-order valence-corrected chi connectivity index (χ2v) is 9.20.